The maximum atomic E-state index is 12.6. The molecule has 1 aromatic heterocycles. The zero-order valence-corrected chi connectivity index (χ0v) is 14.4. The Hall–Kier alpha value is -2.41. The maximum Gasteiger partial charge on any atom is 0.261 e. The van der Waals surface area contributed by atoms with Crippen LogP contribution in [0.5, 0.6) is 5.88 Å². The minimum atomic E-state index is -0.621. The molecule has 0 spiro atoms. The summed E-state index contributed by atoms with van der Waals surface area (Å²) in [4.78, 5) is 28.9. The Balaban J connectivity index is 2.32. The second-order valence-corrected chi connectivity index (χ2v) is 6.19. The number of rotatable bonds is 2. The first-order chi connectivity index (χ1) is 11.5. The largest absolute Gasteiger partial charge is 0.494 e. The van der Waals surface area contributed by atoms with Crippen LogP contribution in [0.15, 0.2) is 29.1 Å². The molecule has 0 bridgehead atoms. The van der Waals surface area contributed by atoms with E-state index >= 15 is 0 Å². The number of aromatic hydroxyl groups is 1. The Morgan fingerprint density at radius 3 is 2.79 bits per heavy atom. The van der Waals surface area contributed by atoms with E-state index in [1.807, 2.05) is 31.2 Å². The summed E-state index contributed by atoms with van der Waals surface area (Å²) >= 11 is 5.11. The molecule has 1 atom stereocenters. The number of hydrogen-bond acceptors (Lipinski definition) is 4. The van der Waals surface area contributed by atoms with Gasteiger partial charge in [-0.15, -0.1) is 0 Å². The third-order valence-corrected chi connectivity index (χ3v) is 4.81. The van der Waals surface area contributed by atoms with Crippen molar-refractivity contribution in [1.82, 2.24) is 14.5 Å². The van der Waals surface area contributed by atoms with E-state index < -0.39 is 11.6 Å². The molecule has 1 amide bonds. The molecule has 0 radical (unpaired) electrons. The number of fused-ring (bicyclic) bond motifs is 1. The van der Waals surface area contributed by atoms with Gasteiger partial charge in [-0.25, -0.2) is 0 Å². The lowest BCUT2D eigenvalue weighted by Crippen LogP contribution is -2.41. The number of H-pyrrole nitrogens is 1. The van der Waals surface area contributed by atoms with Gasteiger partial charge < -0.3 is 10.0 Å². The number of aromatic amines is 1. The molecule has 0 aliphatic carbocycles. The summed E-state index contributed by atoms with van der Waals surface area (Å²) in [6.07, 6.45) is 0.720. The van der Waals surface area contributed by atoms with Gasteiger partial charge in [-0.1, -0.05) is 24.3 Å². The van der Waals surface area contributed by atoms with Crippen LogP contribution in [0.4, 0.5) is 0 Å². The topological polar surface area (TPSA) is 78.3 Å². The van der Waals surface area contributed by atoms with Crippen LogP contribution in [-0.2, 0) is 17.8 Å². The molecule has 6 nitrogen and oxygen atoms in total. The Labute approximate surface area is 144 Å². The number of hydrogen-bond donors (Lipinski definition) is 2. The summed E-state index contributed by atoms with van der Waals surface area (Å²) in [7, 11) is 0. The van der Waals surface area contributed by atoms with Crippen molar-refractivity contribution in [2.45, 2.75) is 32.9 Å². The fourth-order valence-electron chi connectivity index (χ4n) is 3.33. The summed E-state index contributed by atoms with van der Waals surface area (Å²) in [6.45, 7) is 4.22. The molecule has 1 aliphatic rings. The zero-order chi connectivity index (χ0) is 17.4. The van der Waals surface area contributed by atoms with Crippen LogP contribution in [0.1, 0.15) is 36.6 Å². The molecule has 24 heavy (non-hydrogen) atoms. The van der Waals surface area contributed by atoms with Gasteiger partial charge in [0.15, 0.2) is 4.77 Å². The average molecular weight is 345 g/mol. The van der Waals surface area contributed by atoms with E-state index in [0.29, 0.717) is 13.1 Å². The molecule has 0 saturated heterocycles. The number of amides is 1. The van der Waals surface area contributed by atoms with Crippen LogP contribution in [0, 0.1) is 4.77 Å². The van der Waals surface area contributed by atoms with Crippen molar-refractivity contribution in [2.24, 2.45) is 0 Å². The van der Waals surface area contributed by atoms with E-state index in [-0.39, 0.29) is 22.1 Å². The van der Waals surface area contributed by atoms with Crippen LogP contribution in [0.25, 0.3) is 0 Å². The van der Waals surface area contributed by atoms with Gasteiger partial charge in [0, 0.05) is 20.0 Å². The average Bonchev–Trinajstić information content (AvgIpc) is 2.54. The van der Waals surface area contributed by atoms with Gasteiger partial charge in [-0.05, 0) is 36.7 Å². The van der Waals surface area contributed by atoms with Crippen molar-refractivity contribution < 1.29 is 9.90 Å². The molecule has 126 valence electrons. The number of benzene rings is 1. The highest BCUT2D eigenvalue weighted by molar-refractivity contribution is 7.71. The predicted octanol–water partition coefficient (Wildman–Crippen LogP) is 2.13. The Bertz CT molecular complexity index is 916. The van der Waals surface area contributed by atoms with E-state index in [1.54, 1.807) is 4.90 Å². The van der Waals surface area contributed by atoms with Crippen LogP contribution >= 0.6 is 12.2 Å². The Kier molecular flexibility index (Phi) is 4.28. The molecule has 1 unspecified atom stereocenters. The van der Waals surface area contributed by atoms with Crippen molar-refractivity contribution in [1.29, 1.82) is 0 Å². The van der Waals surface area contributed by atoms with Crippen molar-refractivity contribution in [3.63, 3.8) is 0 Å². The number of carbonyl (C=O) groups is 1. The number of carbonyl (C=O) groups excluding carboxylic acids is 1. The molecular formula is C17H19N3O3S. The van der Waals surface area contributed by atoms with E-state index in [2.05, 4.69) is 4.98 Å². The van der Waals surface area contributed by atoms with Gasteiger partial charge >= 0.3 is 0 Å². The van der Waals surface area contributed by atoms with E-state index in [9.17, 15) is 14.7 Å². The first-order valence-electron chi connectivity index (χ1n) is 7.86. The second kappa shape index (κ2) is 6.24. The van der Waals surface area contributed by atoms with Gasteiger partial charge in [-0.2, -0.15) is 0 Å². The molecular weight excluding hydrogens is 326 g/mol. The zero-order valence-electron chi connectivity index (χ0n) is 13.6. The lowest BCUT2D eigenvalue weighted by molar-refractivity contribution is -0.130. The quantitative estimate of drug-likeness (QED) is 0.818. The SMILES string of the molecule is CCn1c(O)c(C2c3ccccc3CCN2C(C)=O)c(=O)[nH]c1=S. The van der Waals surface area contributed by atoms with Crippen molar-refractivity contribution in [3.8, 4) is 5.88 Å². The summed E-state index contributed by atoms with van der Waals surface area (Å²) in [5.41, 5.74) is 1.63. The number of nitrogens with zero attached hydrogens (tertiary/aromatic N) is 2. The van der Waals surface area contributed by atoms with E-state index in [0.717, 1.165) is 17.5 Å². The van der Waals surface area contributed by atoms with Crippen LogP contribution in [-0.4, -0.2) is 32.0 Å². The molecule has 7 heteroatoms. The maximum absolute atomic E-state index is 12.6. The fourth-order valence-corrected chi connectivity index (χ4v) is 3.64. The predicted molar refractivity (Wildman–Crippen MR) is 92.6 cm³/mol. The minimum Gasteiger partial charge on any atom is -0.494 e. The molecule has 1 aromatic carbocycles. The minimum absolute atomic E-state index is 0.140. The number of nitrogens with one attached hydrogen (secondary N) is 1. The normalized spacial score (nSPS) is 16.8. The van der Waals surface area contributed by atoms with Crippen LogP contribution < -0.4 is 5.56 Å². The second-order valence-electron chi connectivity index (χ2n) is 5.80. The smallest absolute Gasteiger partial charge is 0.261 e. The monoisotopic (exact) mass is 345 g/mol. The fraction of sp³-hybridized carbons (Fsp3) is 0.353. The molecule has 2 heterocycles. The van der Waals surface area contributed by atoms with Gasteiger partial charge in [0.25, 0.3) is 5.56 Å². The van der Waals surface area contributed by atoms with Gasteiger partial charge in [-0.3, -0.25) is 19.1 Å². The van der Waals surface area contributed by atoms with Crippen molar-refractivity contribution in [2.75, 3.05) is 6.54 Å². The highest BCUT2D eigenvalue weighted by Crippen LogP contribution is 2.37. The first-order valence-corrected chi connectivity index (χ1v) is 8.27. The summed E-state index contributed by atoms with van der Waals surface area (Å²) in [5, 5.41) is 10.7. The number of aromatic nitrogens is 2. The first kappa shape index (κ1) is 16.4. The van der Waals surface area contributed by atoms with Crippen LogP contribution in [0.3, 0.4) is 0 Å². The molecule has 2 N–H and O–H groups in total. The summed E-state index contributed by atoms with van der Waals surface area (Å²) in [5.74, 6) is -0.321. The van der Waals surface area contributed by atoms with Gasteiger partial charge in [0.2, 0.25) is 11.8 Å². The van der Waals surface area contributed by atoms with Crippen LogP contribution in [0.2, 0.25) is 0 Å². The highest BCUT2D eigenvalue weighted by Gasteiger charge is 2.34. The van der Waals surface area contributed by atoms with Gasteiger partial charge in [0.1, 0.15) is 5.56 Å². The lowest BCUT2D eigenvalue weighted by atomic mass is 9.89. The highest BCUT2D eigenvalue weighted by atomic mass is 32.1. The van der Waals surface area contributed by atoms with E-state index in [1.165, 1.54) is 11.5 Å². The molecule has 3 rings (SSSR count). The molecule has 0 fully saturated rings. The Morgan fingerprint density at radius 1 is 1.42 bits per heavy atom. The Morgan fingerprint density at radius 2 is 2.12 bits per heavy atom. The standard InChI is InChI=1S/C17H19N3O3S/c1-3-19-16(23)13(15(22)18-17(19)24)14-12-7-5-4-6-11(12)8-9-20(14)10(2)21/h4-7,14,23H,3,8-9H2,1-2H3,(H,18,22,24). The van der Waals surface area contributed by atoms with Crippen molar-refractivity contribution >= 4 is 18.1 Å². The lowest BCUT2D eigenvalue weighted by Gasteiger charge is -2.37. The van der Waals surface area contributed by atoms with Crippen molar-refractivity contribution in [3.05, 3.63) is 56.1 Å². The molecule has 1 aliphatic heterocycles. The van der Waals surface area contributed by atoms with E-state index in [4.69, 9.17) is 12.2 Å². The third kappa shape index (κ3) is 2.54. The summed E-state index contributed by atoms with van der Waals surface area (Å²) in [6, 6.07) is 7.06. The van der Waals surface area contributed by atoms with Gasteiger partial charge in [0.05, 0.1) is 6.04 Å². The summed E-state index contributed by atoms with van der Waals surface area (Å²) < 4.78 is 1.63. The third-order valence-electron chi connectivity index (χ3n) is 4.48. The molecule has 2 aromatic rings. The molecule has 0 saturated carbocycles.